The number of aromatic nitrogens is 2. The highest BCUT2D eigenvalue weighted by Crippen LogP contribution is 2.32. The largest absolute Gasteiger partial charge is 0.480 e. The molecule has 0 spiro atoms. The minimum absolute atomic E-state index is 0.0428. The second-order valence-corrected chi connectivity index (χ2v) is 6.97. The van der Waals surface area contributed by atoms with Crippen molar-refractivity contribution in [3.05, 3.63) is 52.3 Å². The van der Waals surface area contributed by atoms with Crippen molar-refractivity contribution in [2.24, 2.45) is 5.92 Å². The molecule has 142 valence electrons. The van der Waals surface area contributed by atoms with Gasteiger partial charge in [-0.2, -0.15) is 5.10 Å². The number of aliphatic carboxylic acids is 1. The van der Waals surface area contributed by atoms with Crippen molar-refractivity contribution in [3.63, 3.8) is 0 Å². The van der Waals surface area contributed by atoms with Crippen molar-refractivity contribution in [3.8, 4) is 5.69 Å². The van der Waals surface area contributed by atoms with E-state index in [1.807, 2.05) is 0 Å². The molecule has 0 saturated heterocycles. The average molecular weight is 372 g/mol. The second-order valence-electron chi connectivity index (χ2n) is 6.97. The third-order valence-electron chi connectivity index (χ3n) is 5.06. The standard InChI is InChI=1S/C18H20N4O5/c1-12-6-8-18(9-7-12,17(24)25)20-16(23)13-10-19-21(11-13)14-2-4-15(5-3-14)22(26)27/h2-5,10-12H,6-9H2,1H3,(H,20,23)(H,24,25). The Balaban J connectivity index is 1.76. The minimum Gasteiger partial charge on any atom is -0.480 e. The monoisotopic (exact) mass is 372 g/mol. The Morgan fingerprint density at radius 1 is 1.30 bits per heavy atom. The van der Waals surface area contributed by atoms with E-state index in [4.69, 9.17) is 0 Å². The number of non-ortho nitro benzene ring substituents is 1. The summed E-state index contributed by atoms with van der Waals surface area (Å²) in [5.74, 6) is -1.08. The first-order valence-corrected chi connectivity index (χ1v) is 8.66. The van der Waals surface area contributed by atoms with Crippen molar-refractivity contribution >= 4 is 17.6 Å². The Bertz CT molecular complexity index is 866. The summed E-state index contributed by atoms with van der Waals surface area (Å²) in [5.41, 5.74) is -0.510. The van der Waals surface area contributed by atoms with Gasteiger partial charge in [-0.05, 0) is 43.7 Å². The lowest BCUT2D eigenvalue weighted by atomic mass is 9.77. The molecule has 2 N–H and O–H groups in total. The summed E-state index contributed by atoms with van der Waals surface area (Å²) in [6, 6.07) is 5.74. The van der Waals surface area contributed by atoms with Gasteiger partial charge in [0.1, 0.15) is 5.54 Å². The molecule has 1 fully saturated rings. The molecule has 0 atom stereocenters. The number of carbonyl (C=O) groups is 2. The number of nitrogens with zero attached hydrogens (tertiary/aromatic N) is 3. The van der Waals surface area contributed by atoms with E-state index >= 15 is 0 Å². The van der Waals surface area contributed by atoms with E-state index in [0.717, 1.165) is 12.8 Å². The quantitative estimate of drug-likeness (QED) is 0.613. The maximum Gasteiger partial charge on any atom is 0.329 e. The van der Waals surface area contributed by atoms with E-state index in [9.17, 15) is 24.8 Å². The summed E-state index contributed by atoms with van der Waals surface area (Å²) < 4.78 is 1.41. The molecule has 27 heavy (non-hydrogen) atoms. The van der Waals surface area contributed by atoms with Crippen LogP contribution in [0.5, 0.6) is 0 Å². The smallest absolute Gasteiger partial charge is 0.329 e. The normalized spacial score (nSPS) is 22.2. The Morgan fingerprint density at radius 3 is 2.48 bits per heavy atom. The van der Waals surface area contributed by atoms with Gasteiger partial charge < -0.3 is 10.4 Å². The molecule has 1 saturated carbocycles. The van der Waals surface area contributed by atoms with Crippen LogP contribution < -0.4 is 5.32 Å². The van der Waals surface area contributed by atoms with Crippen LogP contribution in [0.15, 0.2) is 36.7 Å². The van der Waals surface area contributed by atoms with Crippen molar-refractivity contribution in [2.45, 2.75) is 38.1 Å². The summed E-state index contributed by atoms with van der Waals surface area (Å²) in [4.78, 5) is 34.6. The molecule has 2 aromatic rings. The number of hydrogen-bond acceptors (Lipinski definition) is 5. The van der Waals surface area contributed by atoms with Crippen molar-refractivity contribution < 1.29 is 19.6 Å². The van der Waals surface area contributed by atoms with Gasteiger partial charge in [-0.25, -0.2) is 9.48 Å². The van der Waals surface area contributed by atoms with E-state index in [1.165, 1.54) is 41.3 Å². The van der Waals surface area contributed by atoms with Crippen LogP contribution >= 0.6 is 0 Å². The number of rotatable bonds is 5. The Kier molecular flexibility index (Phi) is 4.93. The third-order valence-corrected chi connectivity index (χ3v) is 5.06. The summed E-state index contributed by atoms with van der Waals surface area (Å²) in [5, 5.41) is 27.1. The lowest BCUT2D eigenvalue weighted by Crippen LogP contribution is -2.56. The lowest BCUT2D eigenvalue weighted by Gasteiger charge is -2.36. The molecular weight excluding hydrogens is 352 g/mol. The first-order valence-electron chi connectivity index (χ1n) is 8.66. The maximum atomic E-state index is 12.6. The predicted molar refractivity (Wildman–Crippen MR) is 95.7 cm³/mol. The third kappa shape index (κ3) is 3.81. The molecule has 1 aromatic heterocycles. The SMILES string of the molecule is CC1CCC(NC(=O)c2cnn(-c3ccc([N+](=O)[O-])cc3)c2)(C(=O)O)CC1. The number of benzene rings is 1. The van der Waals surface area contributed by atoms with Crippen LogP contribution in [0.4, 0.5) is 5.69 Å². The van der Waals surface area contributed by atoms with E-state index < -0.39 is 22.3 Å². The van der Waals surface area contributed by atoms with Gasteiger partial charge in [0.15, 0.2) is 0 Å². The molecule has 0 bridgehead atoms. The topological polar surface area (TPSA) is 127 Å². The summed E-state index contributed by atoms with van der Waals surface area (Å²) in [7, 11) is 0. The lowest BCUT2D eigenvalue weighted by molar-refractivity contribution is -0.384. The number of nitrogens with one attached hydrogen (secondary N) is 1. The highest BCUT2D eigenvalue weighted by Gasteiger charge is 2.42. The van der Waals surface area contributed by atoms with Crippen LogP contribution in [0.25, 0.3) is 5.69 Å². The van der Waals surface area contributed by atoms with E-state index in [0.29, 0.717) is 24.4 Å². The highest BCUT2D eigenvalue weighted by molar-refractivity contribution is 5.97. The molecule has 1 heterocycles. The number of nitro benzene ring substituents is 1. The minimum atomic E-state index is -1.25. The van der Waals surface area contributed by atoms with Crippen molar-refractivity contribution in [2.75, 3.05) is 0 Å². The fourth-order valence-corrected chi connectivity index (χ4v) is 3.25. The maximum absolute atomic E-state index is 12.6. The molecule has 3 rings (SSSR count). The molecule has 1 aromatic carbocycles. The predicted octanol–water partition coefficient (Wildman–Crippen LogP) is 2.54. The van der Waals surface area contributed by atoms with Crippen LogP contribution in [0.3, 0.4) is 0 Å². The van der Waals surface area contributed by atoms with Gasteiger partial charge in [-0.1, -0.05) is 6.92 Å². The summed E-state index contributed by atoms with van der Waals surface area (Å²) in [6.45, 7) is 2.07. The molecular formula is C18H20N4O5. The van der Waals surface area contributed by atoms with Gasteiger partial charge in [0.25, 0.3) is 11.6 Å². The van der Waals surface area contributed by atoms with Gasteiger partial charge in [0.05, 0.1) is 22.4 Å². The van der Waals surface area contributed by atoms with Crippen molar-refractivity contribution in [1.82, 2.24) is 15.1 Å². The van der Waals surface area contributed by atoms with Crippen LogP contribution in [-0.2, 0) is 4.79 Å². The van der Waals surface area contributed by atoms with Gasteiger partial charge in [0, 0.05) is 18.3 Å². The van der Waals surface area contributed by atoms with E-state index in [1.54, 1.807) is 0 Å². The van der Waals surface area contributed by atoms with E-state index in [-0.39, 0.29) is 11.3 Å². The Morgan fingerprint density at radius 2 is 1.93 bits per heavy atom. The van der Waals surface area contributed by atoms with Gasteiger partial charge >= 0.3 is 5.97 Å². The number of carbonyl (C=O) groups excluding carboxylic acids is 1. The Labute approximate surface area is 155 Å². The van der Waals surface area contributed by atoms with Gasteiger partial charge in [0.2, 0.25) is 0 Å². The summed E-state index contributed by atoms with van der Waals surface area (Å²) >= 11 is 0. The first kappa shape index (κ1) is 18.6. The Hall–Kier alpha value is -3.23. The molecule has 0 unspecified atom stereocenters. The number of carboxylic acid groups (broad SMARTS) is 1. The molecule has 9 heteroatoms. The zero-order valence-corrected chi connectivity index (χ0v) is 14.8. The van der Waals surface area contributed by atoms with E-state index in [2.05, 4.69) is 17.3 Å². The number of carboxylic acids is 1. The number of hydrogen-bond donors (Lipinski definition) is 2. The fourth-order valence-electron chi connectivity index (χ4n) is 3.25. The van der Waals surface area contributed by atoms with Crippen LogP contribution in [0, 0.1) is 16.0 Å². The van der Waals surface area contributed by atoms with Crippen LogP contribution in [0.2, 0.25) is 0 Å². The number of nitro groups is 1. The van der Waals surface area contributed by atoms with Crippen LogP contribution in [-0.4, -0.2) is 37.2 Å². The summed E-state index contributed by atoms with van der Waals surface area (Å²) in [6.07, 6.45) is 5.09. The number of amides is 1. The van der Waals surface area contributed by atoms with Crippen LogP contribution in [0.1, 0.15) is 43.0 Å². The molecule has 1 amide bonds. The fraction of sp³-hybridized carbons (Fsp3) is 0.389. The molecule has 1 aliphatic rings. The highest BCUT2D eigenvalue weighted by atomic mass is 16.6. The average Bonchev–Trinajstić information content (AvgIpc) is 3.14. The molecule has 9 nitrogen and oxygen atoms in total. The molecule has 0 radical (unpaired) electrons. The first-order chi connectivity index (χ1) is 12.8. The van der Waals surface area contributed by atoms with Gasteiger partial charge in [-0.3, -0.25) is 14.9 Å². The molecule has 1 aliphatic carbocycles. The zero-order valence-electron chi connectivity index (χ0n) is 14.8. The van der Waals surface area contributed by atoms with Gasteiger partial charge in [-0.15, -0.1) is 0 Å². The second kappa shape index (κ2) is 7.18. The molecule has 0 aliphatic heterocycles. The van der Waals surface area contributed by atoms with Crippen molar-refractivity contribution in [1.29, 1.82) is 0 Å². The zero-order chi connectivity index (χ0) is 19.6.